The van der Waals surface area contributed by atoms with E-state index in [1.807, 2.05) is 36.4 Å². The summed E-state index contributed by atoms with van der Waals surface area (Å²) in [6.45, 7) is 0. The van der Waals surface area contributed by atoms with E-state index in [2.05, 4.69) is 28.6 Å². The molecule has 0 atom stereocenters. The summed E-state index contributed by atoms with van der Waals surface area (Å²) in [6, 6.07) is 15.7. The molecule has 0 amide bonds. The zero-order valence-corrected chi connectivity index (χ0v) is 12.4. The lowest BCUT2D eigenvalue weighted by atomic mass is 10.2. The zero-order valence-electron chi connectivity index (χ0n) is 10.8. The monoisotopic (exact) mass is 301 g/mol. The largest absolute Gasteiger partial charge is 0.156 e. The molecule has 0 radical (unpaired) electrons. The maximum atomic E-state index is 5.89. The van der Waals surface area contributed by atoms with Crippen molar-refractivity contribution in [3.05, 3.63) is 59.8 Å². The quantitative estimate of drug-likeness (QED) is 0.675. The average molecular weight is 302 g/mol. The fraction of sp³-hybridized carbons (Fsp3) is 0.0667. The van der Waals surface area contributed by atoms with Crippen LogP contribution in [0.2, 0.25) is 5.02 Å². The molecule has 0 bridgehead atoms. The van der Waals surface area contributed by atoms with Gasteiger partial charge in [-0.25, -0.2) is 0 Å². The molecule has 3 nitrogen and oxygen atoms in total. The summed E-state index contributed by atoms with van der Waals surface area (Å²) in [4.78, 5) is 2.85. The fourth-order valence-corrected chi connectivity index (χ4v) is 2.39. The number of nitrogens with zero attached hydrogens (tertiary/aromatic N) is 3. The molecule has 0 N–H and O–H groups in total. The molecule has 3 rings (SSSR count). The van der Waals surface area contributed by atoms with Gasteiger partial charge in [-0.2, -0.15) is 9.90 Å². The molecule has 0 aliphatic carbocycles. The van der Waals surface area contributed by atoms with E-state index < -0.39 is 0 Å². The molecule has 5 heteroatoms. The van der Waals surface area contributed by atoms with Crippen molar-refractivity contribution in [1.82, 2.24) is 15.0 Å². The first-order chi connectivity index (χ1) is 9.76. The van der Waals surface area contributed by atoms with Crippen LogP contribution in [0.3, 0.4) is 0 Å². The van der Waals surface area contributed by atoms with Crippen LogP contribution in [-0.2, 0) is 0 Å². The Morgan fingerprint density at radius 2 is 1.70 bits per heavy atom. The first kappa shape index (κ1) is 13.2. The van der Waals surface area contributed by atoms with Gasteiger partial charge in [0.15, 0.2) is 0 Å². The van der Waals surface area contributed by atoms with Crippen molar-refractivity contribution in [3.63, 3.8) is 0 Å². The van der Waals surface area contributed by atoms with Crippen LogP contribution >= 0.6 is 23.4 Å². The lowest BCUT2D eigenvalue weighted by molar-refractivity contribution is 0.753. The van der Waals surface area contributed by atoms with Crippen LogP contribution < -0.4 is 0 Å². The third-order valence-electron chi connectivity index (χ3n) is 2.94. The zero-order chi connectivity index (χ0) is 13.9. The molecule has 20 heavy (non-hydrogen) atoms. The Bertz CT molecular complexity index is 705. The minimum atomic E-state index is 0.716. The number of hydrogen-bond acceptors (Lipinski definition) is 3. The Labute approximate surface area is 126 Å². The van der Waals surface area contributed by atoms with Crippen molar-refractivity contribution in [2.24, 2.45) is 0 Å². The minimum Gasteiger partial charge on any atom is -0.156 e. The average Bonchev–Trinajstić information content (AvgIpc) is 2.98. The Morgan fingerprint density at radius 3 is 2.35 bits per heavy atom. The molecule has 0 saturated heterocycles. The van der Waals surface area contributed by atoms with Gasteiger partial charge in [-0.3, -0.25) is 0 Å². The second-order valence-corrected chi connectivity index (χ2v) is 5.54. The van der Waals surface area contributed by atoms with Crippen LogP contribution in [0.1, 0.15) is 0 Å². The Morgan fingerprint density at radius 1 is 1.00 bits per heavy atom. The van der Waals surface area contributed by atoms with Gasteiger partial charge in [0.1, 0.15) is 5.69 Å². The molecule has 0 fully saturated rings. The molecule has 0 spiro atoms. The van der Waals surface area contributed by atoms with Gasteiger partial charge in [-0.05, 0) is 42.7 Å². The number of rotatable bonds is 3. The summed E-state index contributed by atoms with van der Waals surface area (Å²) in [5.74, 6) is 0. The van der Waals surface area contributed by atoms with Crippen LogP contribution in [0.25, 0.3) is 16.9 Å². The second kappa shape index (κ2) is 5.69. The van der Waals surface area contributed by atoms with Crippen molar-refractivity contribution >= 4 is 23.4 Å². The molecule has 0 saturated carbocycles. The third-order valence-corrected chi connectivity index (χ3v) is 3.93. The number of halogens is 1. The van der Waals surface area contributed by atoms with Gasteiger partial charge in [0, 0.05) is 15.5 Å². The van der Waals surface area contributed by atoms with Gasteiger partial charge >= 0.3 is 0 Å². The van der Waals surface area contributed by atoms with Crippen molar-refractivity contribution in [3.8, 4) is 16.9 Å². The topological polar surface area (TPSA) is 30.7 Å². The van der Waals surface area contributed by atoms with E-state index in [1.165, 1.54) is 4.90 Å². The second-order valence-electron chi connectivity index (χ2n) is 4.22. The predicted molar refractivity (Wildman–Crippen MR) is 83.6 cm³/mol. The highest BCUT2D eigenvalue weighted by atomic mass is 35.5. The van der Waals surface area contributed by atoms with E-state index in [-0.39, 0.29) is 0 Å². The first-order valence-electron chi connectivity index (χ1n) is 6.09. The lowest BCUT2D eigenvalue weighted by Gasteiger charge is -2.01. The molecule has 2 aromatic carbocycles. The molecule has 0 unspecified atom stereocenters. The molecular weight excluding hydrogens is 290 g/mol. The maximum absolute atomic E-state index is 5.89. The molecule has 100 valence electrons. The van der Waals surface area contributed by atoms with Gasteiger partial charge in [-0.15, -0.1) is 16.9 Å². The normalized spacial score (nSPS) is 10.7. The van der Waals surface area contributed by atoms with Crippen molar-refractivity contribution in [2.45, 2.75) is 4.90 Å². The van der Waals surface area contributed by atoms with Gasteiger partial charge in [-0.1, -0.05) is 23.7 Å². The van der Waals surface area contributed by atoms with Crippen LogP contribution in [0, 0.1) is 0 Å². The predicted octanol–water partition coefficient (Wildman–Crippen LogP) is 4.31. The van der Waals surface area contributed by atoms with Crippen molar-refractivity contribution in [2.75, 3.05) is 6.26 Å². The Kier molecular flexibility index (Phi) is 3.76. The van der Waals surface area contributed by atoms with E-state index in [9.17, 15) is 0 Å². The van der Waals surface area contributed by atoms with Gasteiger partial charge in [0.05, 0.1) is 11.9 Å². The van der Waals surface area contributed by atoms with E-state index in [0.717, 1.165) is 16.9 Å². The minimum absolute atomic E-state index is 0.716. The highest BCUT2D eigenvalue weighted by Crippen LogP contribution is 2.20. The van der Waals surface area contributed by atoms with Crippen LogP contribution in [0.15, 0.2) is 59.6 Å². The maximum Gasteiger partial charge on any atom is 0.113 e. The van der Waals surface area contributed by atoms with Crippen molar-refractivity contribution in [1.29, 1.82) is 0 Å². The number of hydrogen-bond donors (Lipinski definition) is 0. The summed E-state index contributed by atoms with van der Waals surface area (Å²) < 4.78 is 0. The van der Waals surface area contributed by atoms with Crippen LogP contribution in [-0.4, -0.2) is 21.2 Å². The lowest BCUT2D eigenvalue weighted by Crippen LogP contribution is -1.98. The standard InChI is InChI=1S/C15H12ClN3S/c1-20-14-8-6-13(7-9-14)19-17-10-15(18-19)11-2-4-12(16)5-3-11/h2-10H,1H3. The molecule has 3 aromatic rings. The SMILES string of the molecule is CSc1ccc(-n2ncc(-c3ccc(Cl)cc3)n2)cc1. The third kappa shape index (κ3) is 2.71. The Balaban J connectivity index is 1.91. The number of benzene rings is 2. The molecule has 0 aliphatic heterocycles. The Hall–Kier alpha value is -1.78. The smallest absolute Gasteiger partial charge is 0.113 e. The highest BCUT2D eigenvalue weighted by Gasteiger charge is 2.05. The summed E-state index contributed by atoms with van der Waals surface area (Å²) >= 11 is 7.60. The van der Waals surface area contributed by atoms with E-state index in [0.29, 0.717) is 5.02 Å². The van der Waals surface area contributed by atoms with Gasteiger partial charge in [0.25, 0.3) is 0 Å². The van der Waals surface area contributed by atoms with E-state index >= 15 is 0 Å². The molecule has 1 aromatic heterocycles. The van der Waals surface area contributed by atoms with Gasteiger partial charge in [0.2, 0.25) is 0 Å². The summed E-state index contributed by atoms with van der Waals surface area (Å²) in [5, 5.41) is 9.51. The molecule has 0 aliphatic rings. The fourth-order valence-electron chi connectivity index (χ4n) is 1.86. The van der Waals surface area contributed by atoms with Gasteiger partial charge < -0.3 is 0 Å². The summed E-state index contributed by atoms with van der Waals surface area (Å²) in [5.41, 5.74) is 2.78. The number of aromatic nitrogens is 3. The first-order valence-corrected chi connectivity index (χ1v) is 7.69. The summed E-state index contributed by atoms with van der Waals surface area (Å²) in [6.07, 6.45) is 3.81. The summed E-state index contributed by atoms with van der Waals surface area (Å²) in [7, 11) is 0. The highest BCUT2D eigenvalue weighted by molar-refractivity contribution is 7.98. The van der Waals surface area contributed by atoms with Crippen LogP contribution in [0.5, 0.6) is 0 Å². The number of thioether (sulfide) groups is 1. The molecule has 1 heterocycles. The molecular formula is C15H12ClN3S. The van der Waals surface area contributed by atoms with Crippen molar-refractivity contribution < 1.29 is 0 Å². The van der Waals surface area contributed by atoms with E-state index in [4.69, 9.17) is 11.6 Å². The van der Waals surface area contributed by atoms with E-state index in [1.54, 1.807) is 22.8 Å². The van der Waals surface area contributed by atoms with Crippen LogP contribution in [0.4, 0.5) is 0 Å².